The molecular weight excluding hydrogens is 384 g/mol. The normalized spacial score (nSPS) is 21.4. The van der Waals surface area contributed by atoms with E-state index >= 15 is 0 Å². The van der Waals surface area contributed by atoms with E-state index in [-0.39, 0.29) is 24.2 Å². The maximum Gasteiger partial charge on any atom is 0.261 e. The van der Waals surface area contributed by atoms with Crippen molar-refractivity contribution in [1.82, 2.24) is 20.0 Å². The first kappa shape index (κ1) is 20.1. The van der Waals surface area contributed by atoms with Gasteiger partial charge in [0.15, 0.2) is 0 Å². The number of nitrogens with one attached hydrogen (secondary N) is 1. The number of nitrogens with zero attached hydrogens (tertiary/aromatic N) is 3. The van der Waals surface area contributed by atoms with Crippen LogP contribution in [0.2, 0.25) is 0 Å². The van der Waals surface area contributed by atoms with Crippen LogP contribution in [0.1, 0.15) is 36.1 Å². The van der Waals surface area contributed by atoms with Crippen LogP contribution in [0.3, 0.4) is 0 Å². The molecule has 7 heteroatoms. The zero-order valence-corrected chi connectivity index (χ0v) is 18.2. The van der Waals surface area contributed by atoms with Crippen molar-refractivity contribution in [3.63, 3.8) is 0 Å². The molecule has 6 nitrogen and oxygen atoms in total. The van der Waals surface area contributed by atoms with Gasteiger partial charge in [0.05, 0.1) is 28.5 Å². The van der Waals surface area contributed by atoms with Crippen LogP contribution < -0.4 is 5.32 Å². The number of amides is 1. The van der Waals surface area contributed by atoms with Crippen LogP contribution in [0.25, 0.3) is 15.9 Å². The zero-order valence-electron chi connectivity index (χ0n) is 17.4. The number of rotatable bonds is 5. The molecule has 0 aliphatic carbocycles. The molecule has 1 saturated heterocycles. The molecule has 0 bridgehead atoms. The van der Waals surface area contributed by atoms with Crippen molar-refractivity contribution in [3.05, 3.63) is 47.0 Å². The van der Waals surface area contributed by atoms with E-state index in [1.54, 1.807) is 0 Å². The van der Waals surface area contributed by atoms with Gasteiger partial charge in [-0.05, 0) is 45.9 Å². The summed E-state index contributed by atoms with van der Waals surface area (Å²) in [6, 6.07) is 12.3. The number of aryl methyl sites for hydroxylation is 1. The van der Waals surface area contributed by atoms with E-state index in [1.165, 1.54) is 11.3 Å². The Labute approximate surface area is 175 Å². The fraction of sp³-hybridized carbons (Fsp3) is 0.455. The molecular formula is C22H28N4O2S. The monoisotopic (exact) mass is 412 g/mol. The Bertz CT molecular complexity index is 987. The number of morpholine rings is 1. The summed E-state index contributed by atoms with van der Waals surface area (Å²) in [7, 11) is 0. The predicted molar refractivity (Wildman–Crippen MR) is 117 cm³/mol. The summed E-state index contributed by atoms with van der Waals surface area (Å²) in [4.78, 5) is 16.9. The highest BCUT2D eigenvalue weighted by atomic mass is 32.1. The van der Waals surface area contributed by atoms with Crippen molar-refractivity contribution in [2.45, 2.75) is 45.9 Å². The minimum Gasteiger partial charge on any atom is -0.373 e. The minimum absolute atomic E-state index is 0.0218. The van der Waals surface area contributed by atoms with E-state index in [2.05, 4.69) is 36.1 Å². The number of aromatic nitrogens is 2. The van der Waals surface area contributed by atoms with Crippen LogP contribution in [0.15, 0.2) is 36.4 Å². The lowest BCUT2D eigenvalue weighted by Crippen LogP contribution is -2.52. The third-order valence-electron chi connectivity index (χ3n) is 5.40. The molecule has 3 unspecified atom stereocenters. The van der Waals surface area contributed by atoms with Gasteiger partial charge in [-0.3, -0.25) is 9.69 Å². The van der Waals surface area contributed by atoms with E-state index in [0.29, 0.717) is 6.54 Å². The number of para-hydroxylation sites is 1. The maximum absolute atomic E-state index is 12.8. The number of benzene rings is 1. The summed E-state index contributed by atoms with van der Waals surface area (Å²) in [5.74, 6) is -0.0218. The Morgan fingerprint density at radius 2 is 1.97 bits per heavy atom. The Morgan fingerprint density at radius 3 is 2.66 bits per heavy atom. The summed E-state index contributed by atoms with van der Waals surface area (Å²) in [5.41, 5.74) is 1.94. The molecule has 3 aromatic rings. The summed E-state index contributed by atoms with van der Waals surface area (Å²) in [5, 5.41) is 8.80. The zero-order chi connectivity index (χ0) is 20.5. The summed E-state index contributed by atoms with van der Waals surface area (Å²) in [6.07, 6.45) is 0.451. The van der Waals surface area contributed by atoms with Gasteiger partial charge in [-0.2, -0.15) is 5.10 Å². The molecule has 1 amide bonds. The van der Waals surface area contributed by atoms with Crippen LogP contribution in [0.5, 0.6) is 0 Å². The van der Waals surface area contributed by atoms with Crippen LogP contribution in [0.4, 0.5) is 0 Å². The molecule has 0 saturated carbocycles. The van der Waals surface area contributed by atoms with E-state index < -0.39 is 0 Å². The van der Waals surface area contributed by atoms with Gasteiger partial charge in [0.25, 0.3) is 5.91 Å². The second kappa shape index (κ2) is 8.26. The van der Waals surface area contributed by atoms with Crippen molar-refractivity contribution >= 4 is 27.5 Å². The molecule has 4 rings (SSSR count). The van der Waals surface area contributed by atoms with Crippen LogP contribution in [-0.4, -0.2) is 58.5 Å². The molecule has 29 heavy (non-hydrogen) atoms. The van der Waals surface area contributed by atoms with E-state index in [1.807, 2.05) is 48.0 Å². The fourth-order valence-electron chi connectivity index (χ4n) is 3.94. The van der Waals surface area contributed by atoms with Gasteiger partial charge in [-0.25, -0.2) is 4.68 Å². The summed E-state index contributed by atoms with van der Waals surface area (Å²) in [6.45, 7) is 10.8. The van der Waals surface area contributed by atoms with E-state index in [9.17, 15) is 4.79 Å². The first-order chi connectivity index (χ1) is 13.9. The van der Waals surface area contributed by atoms with Crippen LogP contribution in [0, 0.1) is 6.92 Å². The van der Waals surface area contributed by atoms with Gasteiger partial charge in [0.2, 0.25) is 0 Å². The van der Waals surface area contributed by atoms with Crippen molar-refractivity contribution < 1.29 is 9.53 Å². The molecule has 3 heterocycles. The SMILES string of the molecule is Cc1nn(-c2ccccc2)c2sc(C(=O)NCC(C)N3CC(C)OC(C)C3)cc12. The third kappa shape index (κ3) is 4.22. The number of fused-ring (bicyclic) bond motifs is 1. The van der Waals surface area contributed by atoms with Gasteiger partial charge in [0.1, 0.15) is 4.83 Å². The molecule has 1 aromatic carbocycles. The lowest BCUT2D eigenvalue weighted by Gasteiger charge is -2.38. The van der Waals surface area contributed by atoms with E-state index in [4.69, 9.17) is 4.74 Å². The number of carbonyl (C=O) groups excluding carboxylic acids is 1. The highest BCUT2D eigenvalue weighted by Gasteiger charge is 2.26. The molecule has 1 N–H and O–H groups in total. The standard InChI is InChI=1S/C22H28N4O2S/c1-14(25-12-15(2)28-16(3)13-25)11-23-21(27)20-10-19-17(4)24-26(22(19)29-20)18-8-6-5-7-9-18/h5-10,14-16H,11-13H2,1-4H3,(H,23,27). The van der Waals surface area contributed by atoms with Crippen molar-refractivity contribution in [2.75, 3.05) is 19.6 Å². The van der Waals surface area contributed by atoms with Gasteiger partial charge in [-0.15, -0.1) is 11.3 Å². The fourth-order valence-corrected chi connectivity index (χ4v) is 5.04. The molecule has 1 aliphatic heterocycles. The van der Waals surface area contributed by atoms with Crippen LogP contribution >= 0.6 is 11.3 Å². The lowest BCUT2D eigenvalue weighted by atomic mass is 10.1. The summed E-state index contributed by atoms with van der Waals surface area (Å²) >= 11 is 1.49. The largest absolute Gasteiger partial charge is 0.373 e. The third-order valence-corrected chi connectivity index (χ3v) is 6.51. The first-order valence-corrected chi connectivity index (χ1v) is 11.0. The Balaban J connectivity index is 1.46. The highest BCUT2D eigenvalue weighted by molar-refractivity contribution is 7.20. The smallest absolute Gasteiger partial charge is 0.261 e. The number of thiophene rings is 1. The first-order valence-electron chi connectivity index (χ1n) is 10.1. The van der Waals surface area contributed by atoms with Gasteiger partial charge in [-0.1, -0.05) is 18.2 Å². The van der Waals surface area contributed by atoms with Crippen molar-refractivity contribution in [3.8, 4) is 5.69 Å². The maximum atomic E-state index is 12.8. The van der Waals surface area contributed by atoms with Crippen molar-refractivity contribution in [1.29, 1.82) is 0 Å². The topological polar surface area (TPSA) is 59.4 Å². The average Bonchev–Trinajstić information content (AvgIpc) is 3.26. The molecule has 2 aromatic heterocycles. The van der Waals surface area contributed by atoms with Crippen molar-refractivity contribution in [2.24, 2.45) is 0 Å². The van der Waals surface area contributed by atoms with Gasteiger partial charge >= 0.3 is 0 Å². The van der Waals surface area contributed by atoms with Gasteiger partial charge < -0.3 is 10.1 Å². The number of hydrogen-bond donors (Lipinski definition) is 1. The molecule has 0 radical (unpaired) electrons. The quantitative estimate of drug-likeness (QED) is 0.695. The summed E-state index contributed by atoms with van der Waals surface area (Å²) < 4.78 is 7.73. The highest BCUT2D eigenvalue weighted by Crippen LogP contribution is 2.30. The molecule has 154 valence electrons. The minimum atomic E-state index is -0.0218. The second-order valence-electron chi connectivity index (χ2n) is 7.93. The van der Waals surface area contributed by atoms with E-state index in [0.717, 1.165) is 39.6 Å². The lowest BCUT2D eigenvalue weighted by molar-refractivity contribution is -0.0778. The number of carbonyl (C=O) groups is 1. The Kier molecular flexibility index (Phi) is 5.72. The molecule has 1 aliphatic rings. The molecule has 1 fully saturated rings. The predicted octanol–water partition coefficient (Wildman–Crippen LogP) is 3.62. The molecule has 0 spiro atoms. The van der Waals surface area contributed by atoms with Crippen LogP contribution in [-0.2, 0) is 4.74 Å². The van der Waals surface area contributed by atoms with Gasteiger partial charge in [0, 0.05) is 31.1 Å². The Hall–Kier alpha value is -2.22. The number of hydrogen-bond acceptors (Lipinski definition) is 5. The average molecular weight is 413 g/mol. The number of ether oxygens (including phenoxy) is 1. The Morgan fingerprint density at radius 1 is 1.28 bits per heavy atom. The molecule has 3 atom stereocenters. The second-order valence-corrected chi connectivity index (χ2v) is 8.96.